The number of hydrogen-bond donors (Lipinski definition) is 2. The summed E-state index contributed by atoms with van der Waals surface area (Å²) < 4.78 is 0.564. The molecule has 0 saturated heterocycles. The van der Waals surface area contributed by atoms with Crippen LogP contribution in [0.2, 0.25) is 0 Å². The summed E-state index contributed by atoms with van der Waals surface area (Å²) in [5, 5.41) is 20.1. The Morgan fingerprint density at radius 3 is 1.42 bits per heavy atom. The van der Waals surface area contributed by atoms with Crippen LogP contribution in [0.4, 0.5) is 0 Å². The van der Waals surface area contributed by atoms with Gasteiger partial charge in [-0.3, -0.25) is 0 Å². The Morgan fingerprint density at radius 1 is 0.538 bits per heavy atom. The van der Waals surface area contributed by atoms with E-state index in [1.165, 1.54) is 11.3 Å². The first kappa shape index (κ1) is 16.8. The quantitative estimate of drug-likeness (QED) is 0.531. The molecule has 3 aromatic carbocycles. The van der Waals surface area contributed by atoms with Gasteiger partial charge < -0.3 is 10.0 Å². The van der Waals surface area contributed by atoms with Crippen LogP contribution in [0.1, 0.15) is 0 Å². The normalized spacial score (nSPS) is 10.7. The third-order valence-corrected chi connectivity index (χ3v) is 5.61. The lowest BCUT2D eigenvalue weighted by Gasteiger charge is -2.10. The van der Waals surface area contributed by atoms with Crippen LogP contribution in [-0.2, 0) is 0 Å². The van der Waals surface area contributed by atoms with Gasteiger partial charge in [-0.05, 0) is 16.7 Å². The van der Waals surface area contributed by atoms with Gasteiger partial charge in [-0.15, -0.1) is 11.3 Å². The molecule has 2 N–H and O–H groups in total. The molecule has 126 valence electrons. The van der Waals surface area contributed by atoms with Crippen molar-refractivity contribution in [3.63, 3.8) is 0 Å². The lowest BCUT2D eigenvalue weighted by Crippen LogP contribution is -2.28. The minimum absolute atomic E-state index is 0.564. The molecule has 0 saturated carbocycles. The third kappa shape index (κ3) is 3.10. The summed E-state index contributed by atoms with van der Waals surface area (Å²) in [5.74, 6) is 0. The van der Waals surface area contributed by atoms with Crippen molar-refractivity contribution >= 4 is 23.2 Å². The summed E-state index contributed by atoms with van der Waals surface area (Å²) >= 11 is 1.44. The molecule has 4 rings (SSSR count). The average molecular weight is 356 g/mol. The van der Waals surface area contributed by atoms with E-state index in [0.717, 1.165) is 32.7 Å². The summed E-state index contributed by atoms with van der Waals surface area (Å²) in [4.78, 5) is 1.04. The first-order valence-electron chi connectivity index (χ1n) is 8.45. The maximum absolute atomic E-state index is 10.1. The largest absolute Gasteiger partial charge is 0.499 e. The molecule has 4 heteroatoms. The lowest BCUT2D eigenvalue weighted by atomic mass is 9.81. The number of hydrogen-bond acceptors (Lipinski definition) is 3. The zero-order valence-corrected chi connectivity index (χ0v) is 14.9. The van der Waals surface area contributed by atoms with Crippen LogP contribution in [0.3, 0.4) is 0 Å². The van der Waals surface area contributed by atoms with Gasteiger partial charge in [0.05, 0.1) is 0 Å². The predicted molar refractivity (Wildman–Crippen MR) is 110 cm³/mol. The van der Waals surface area contributed by atoms with Crippen LogP contribution < -0.4 is 4.78 Å². The maximum atomic E-state index is 10.1. The molecule has 2 nitrogen and oxygen atoms in total. The zero-order valence-electron chi connectivity index (χ0n) is 14.0. The number of benzene rings is 3. The highest BCUT2D eigenvalue weighted by molar-refractivity contribution is 7.26. The highest BCUT2D eigenvalue weighted by atomic mass is 32.1. The van der Waals surface area contributed by atoms with Gasteiger partial charge in [-0.1, -0.05) is 91.0 Å². The molecule has 0 unspecified atom stereocenters. The van der Waals surface area contributed by atoms with Crippen molar-refractivity contribution in [2.24, 2.45) is 0 Å². The van der Waals surface area contributed by atoms with Gasteiger partial charge in [0.25, 0.3) is 0 Å². The highest BCUT2D eigenvalue weighted by Crippen LogP contribution is 2.43. The highest BCUT2D eigenvalue weighted by Gasteiger charge is 2.27. The van der Waals surface area contributed by atoms with Crippen molar-refractivity contribution in [1.82, 2.24) is 0 Å². The van der Waals surface area contributed by atoms with E-state index in [4.69, 9.17) is 0 Å². The monoisotopic (exact) mass is 356 g/mol. The van der Waals surface area contributed by atoms with Gasteiger partial charge in [-0.25, -0.2) is 0 Å². The van der Waals surface area contributed by atoms with Gasteiger partial charge in [0.2, 0.25) is 0 Å². The van der Waals surface area contributed by atoms with E-state index in [9.17, 15) is 10.0 Å². The van der Waals surface area contributed by atoms with E-state index < -0.39 is 7.12 Å². The molecule has 0 aliphatic heterocycles. The molecule has 0 aliphatic carbocycles. The van der Waals surface area contributed by atoms with E-state index in [2.05, 4.69) is 24.3 Å². The van der Waals surface area contributed by atoms with Gasteiger partial charge >= 0.3 is 7.12 Å². The Bertz CT molecular complexity index is 997. The first-order chi connectivity index (χ1) is 12.8. The fourth-order valence-electron chi connectivity index (χ4n) is 3.20. The molecule has 1 heterocycles. The van der Waals surface area contributed by atoms with Crippen LogP contribution in [0.15, 0.2) is 91.0 Å². The molecule has 0 amide bonds. The molecule has 0 atom stereocenters. The maximum Gasteiger partial charge on any atom is 0.499 e. The smallest absolute Gasteiger partial charge is 0.423 e. The van der Waals surface area contributed by atoms with E-state index in [0.29, 0.717) is 4.78 Å². The Balaban J connectivity index is 2.08. The molecular weight excluding hydrogens is 339 g/mol. The van der Waals surface area contributed by atoms with E-state index >= 15 is 0 Å². The van der Waals surface area contributed by atoms with Gasteiger partial charge in [0.1, 0.15) is 0 Å². The summed E-state index contributed by atoms with van der Waals surface area (Å²) in [5.41, 5.74) is 5.04. The van der Waals surface area contributed by atoms with Crippen molar-refractivity contribution < 1.29 is 10.0 Å². The van der Waals surface area contributed by atoms with E-state index in [1.807, 2.05) is 66.7 Å². The number of thiophene rings is 1. The van der Waals surface area contributed by atoms with Crippen LogP contribution >= 0.6 is 11.3 Å². The Morgan fingerprint density at radius 2 is 0.962 bits per heavy atom. The van der Waals surface area contributed by atoms with Crippen molar-refractivity contribution in [2.75, 3.05) is 0 Å². The molecule has 0 aliphatic rings. The molecule has 0 radical (unpaired) electrons. The average Bonchev–Trinajstić information content (AvgIpc) is 3.11. The number of rotatable bonds is 4. The van der Waals surface area contributed by atoms with Crippen LogP contribution in [-0.4, -0.2) is 17.2 Å². The van der Waals surface area contributed by atoms with Gasteiger partial charge in [-0.2, -0.15) is 0 Å². The minimum Gasteiger partial charge on any atom is -0.423 e. The topological polar surface area (TPSA) is 40.5 Å². The van der Waals surface area contributed by atoms with Crippen molar-refractivity contribution in [3.05, 3.63) is 91.0 Å². The fraction of sp³-hybridized carbons (Fsp3) is 0. The van der Waals surface area contributed by atoms with E-state index in [-0.39, 0.29) is 0 Å². The van der Waals surface area contributed by atoms with Crippen molar-refractivity contribution in [3.8, 4) is 32.7 Å². The van der Waals surface area contributed by atoms with Crippen LogP contribution in [0, 0.1) is 0 Å². The molecule has 1 aromatic heterocycles. The molecule has 0 fully saturated rings. The van der Waals surface area contributed by atoms with Gasteiger partial charge in [0, 0.05) is 20.8 Å². The second-order valence-electron chi connectivity index (χ2n) is 6.02. The molecular formula is C22H17BO2S. The lowest BCUT2D eigenvalue weighted by molar-refractivity contribution is 0.427. The van der Waals surface area contributed by atoms with Crippen molar-refractivity contribution in [2.45, 2.75) is 0 Å². The first-order valence-corrected chi connectivity index (χ1v) is 9.26. The summed E-state index contributed by atoms with van der Waals surface area (Å²) in [6.07, 6.45) is 0. The third-order valence-electron chi connectivity index (χ3n) is 4.33. The molecule has 4 aromatic rings. The Kier molecular flexibility index (Phi) is 4.72. The Hall–Kier alpha value is -2.66. The van der Waals surface area contributed by atoms with E-state index in [1.54, 1.807) is 0 Å². The van der Waals surface area contributed by atoms with Gasteiger partial charge in [0.15, 0.2) is 0 Å². The second-order valence-corrected chi connectivity index (χ2v) is 7.07. The second kappa shape index (κ2) is 7.30. The Labute approximate surface area is 157 Å². The molecule has 0 spiro atoms. The molecule has 26 heavy (non-hydrogen) atoms. The fourth-order valence-corrected chi connectivity index (χ4v) is 4.42. The SMILES string of the molecule is OB(O)c1sc(-c2ccccc2)c(-c2ccccc2)c1-c1ccccc1. The summed E-state index contributed by atoms with van der Waals surface area (Å²) in [6.45, 7) is 0. The summed E-state index contributed by atoms with van der Waals surface area (Å²) in [6, 6.07) is 30.1. The molecule has 0 bridgehead atoms. The van der Waals surface area contributed by atoms with Crippen LogP contribution in [0.25, 0.3) is 32.7 Å². The minimum atomic E-state index is -1.52. The van der Waals surface area contributed by atoms with Crippen molar-refractivity contribution in [1.29, 1.82) is 0 Å². The zero-order chi connectivity index (χ0) is 17.9. The predicted octanol–water partition coefficient (Wildman–Crippen LogP) is 4.43. The van der Waals surface area contributed by atoms with Crippen LogP contribution in [0.5, 0.6) is 0 Å². The summed E-state index contributed by atoms with van der Waals surface area (Å²) in [7, 11) is -1.52. The standard InChI is InChI=1S/C22H17BO2S/c24-23(25)22-20(17-12-6-2-7-13-17)19(16-10-4-1-5-11-16)21(26-22)18-14-8-3-9-15-18/h1-15,24-25H.